The molecule has 0 spiro atoms. The van der Waals surface area contributed by atoms with Crippen LogP contribution in [0.5, 0.6) is 11.5 Å². The maximum absolute atomic E-state index is 6.11. The number of halogens is 1. The van der Waals surface area contributed by atoms with Gasteiger partial charge < -0.3 is 15.2 Å². The zero-order valence-corrected chi connectivity index (χ0v) is 10.9. The van der Waals surface area contributed by atoms with E-state index in [1.165, 1.54) is 0 Å². The quantitative estimate of drug-likeness (QED) is 0.929. The van der Waals surface area contributed by atoms with Gasteiger partial charge in [-0.3, -0.25) is 0 Å². The summed E-state index contributed by atoms with van der Waals surface area (Å²) in [6.07, 6.45) is 2.04. The van der Waals surface area contributed by atoms with E-state index in [4.69, 9.17) is 15.2 Å². The van der Waals surface area contributed by atoms with Crippen molar-refractivity contribution in [3.8, 4) is 11.5 Å². The molecular weight excluding hydrogens is 270 g/mol. The monoisotopic (exact) mass is 285 g/mol. The van der Waals surface area contributed by atoms with Crippen LogP contribution in [-0.2, 0) is 0 Å². The summed E-state index contributed by atoms with van der Waals surface area (Å²) in [5.41, 5.74) is 7.20. The fourth-order valence-electron chi connectivity index (χ4n) is 1.83. The number of nitrogens with two attached hydrogens (primary N) is 1. The summed E-state index contributed by atoms with van der Waals surface area (Å²) in [6, 6.07) is 3.98. The Morgan fingerprint density at radius 3 is 2.56 bits per heavy atom. The first-order valence-corrected chi connectivity index (χ1v) is 6.36. The van der Waals surface area contributed by atoms with Gasteiger partial charge in [0.15, 0.2) is 11.5 Å². The fraction of sp³-hybridized carbons (Fsp3) is 0.500. The summed E-state index contributed by atoms with van der Waals surface area (Å²) < 4.78 is 12.0. The maximum atomic E-state index is 6.11. The first kappa shape index (κ1) is 11.7. The number of ether oxygens (including phenoxy) is 2. The summed E-state index contributed by atoms with van der Waals surface area (Å²) >= 11 is 3.53. The van der Waals surface area contributed by atoms with E-state index in [2.05, 4.69) is 22.9 Å². The summed E-state index contributed by atoms with van der Waals surface area (Å²) in [5, 5.41) is 0. The van der Waals surface area contributed by atoms with E-state index >= 15 is 0 Å². The zero-order valence-electron chi connectivity index (χ0n) is 9.33. The smallest absolute Gasteiger partial charge is 0.162 e. The van der Waals surface area contributed by atoms with E-state index < -0.39 is 0 Å². The van der Waals surface area contributed by atoms with Gasteiger partial charge in [0, 0.05) is 10.5 Å². The fourth-order valence-corrected chi connectivity index (χ4v) is 2.45. The first-order valence-electron chi connectivity index (χ1n) is 5.57. The van der Waals surface area contributed by atoms with Gasteiger partial charge in [0.2, 0.25) is 0 Å². The molecule has 0 aliphatic carbocycles. The van der Waals surface area contributed by atoms with Gasteiger partial charge in [-0.15, -0.1) is 0 Å². The van der Waals surface area contributed by atoms with Crippen molar-refractivity contribution in [3.63, 3.8) is 0 Å². The second-order valence-electron chi connectivity index (χ2n) is 3.91. The Bertz CT molecular complexity index is 382. The number of benzene rings is 1. The molecule has 2 rings (SSSR count). The molecule has 0 saturated heterocycles. The zero-order chi connectivity index (χ0) is 11.5. The highest BCUT2D eigenvalue weighted by Gasteiger charge is 2.17. The molecule has 0 radical (unpaired) electrons. The molecule has 1 unspecified atom stereocenters. The van der Waals surface area contributed by atoms with Crippen LogP contribution < -0.4 is 15.2 Å². The number of hydrogen-bond acceptors (Lipinski definition) is 3. The van der Waals surface area contributed by atoms with Gasteiger partial charge in [-0.25, -0.2) is 0 Å². The summed E-state index contributed by atoms with van der Waals surface area (Å²) in [4.78, 5) is 0. The van der Waals surface area contributed by atoms with Crippen LogP contribution in [0, 0.1) is 0 Å². The Hall–Kier alpha value is -0.740. The normalized spacial score (nSPS) is 15.9. The van der Waals surface area contributed by atoms with Crippen LogP contribution in [0.15, 0.2) is 16.6 Å². The van der Waals surface area contributed by atoms with E-state index in [1.807, 2.05) is 12.1 Å². The van der Waals surface area contributed by atoms with Crippen LogP contribution in [-0.4, -0.2) is 13.2 Å². The van der Waals surface area contributed by atoms with E-state index in [0.717, 1.165) is 34.4 Å². The molecule has 3 nitrogen and oxygen atoms in total. The highest BCUT2D eigenvalue weighted by Crippen LogP contribution is 2.38. The van der Waals surface area contributed by atoms with Gasteiger partial charge in [0.1, 0.15) is 13.2 Å². The van der Waals surface area contributed by atoms with Gasteiger partial charge in [-0.2, -0.15) is 0 Å². The Morgan fingerprint density at radius 2 is 1.94 bits per heavy atom. The third-order valence-corrected chi connectivity index (χ3v) is 3.35. The predicted molar refractivity (Wildman–Crippen MR) is 67.0 cm³/mol. The molecule has 1 atom stereocenters. The Morgan fingerprint density at radius 1 is 1.31 bits per heavy atom. The van der Waals surface area contributed by atoms with Crippen LogP contribution >= 0.6 is 15.9 Å². The SMILES string of the molecule is CCCC(N)c1cc2c(cc1Br)OCCO2. The lowest BCUT2D eigenvalue weighted by Crippen LogP contribution is -2.17. The number of fused-ring (bicyclic) bond motifs is 1. The van der Waals surface area contributed by atoms with Gasteiger partial charge >= 0.3 is 0 Å². The molecule has 1 aliphatic rings. The minimum atomic E-state index is 0.0511. The lowest BCUT2D eigenvalue weighted by molar-refractivity contribution is 0.171. The molecule has 0 saturated carbocycles. The van der Waals surface area contributed by atoms with E-state index in [1.54, 1.807) is 0 Å². The third kappa shape index (κ3) is 2.33. The summed E-state index contributed by atoms with van der Waals surface area (Å²) in [5.74, 6) is 1.60. The highest BCUT2D eigenvalue weighted by molar-refractivity contribution is 9.10. The average molecular weight is 286 g/mol. The lowest BCUT2D eigenvalue weighted by Gasteiger charge is -2.21. The topological polar surface area (TPSA) is 44.5 Å². The lowest BCUT2D eigenvalue weighted by atomic mass is 10.0. The van der Waals surface area contributed by atoms with Crippen molar-refractivity contribution in [1.82, 2.24) is 0 Å². The highest BCUT2D eigenvalue weighted by atomic mass is 79.9. The minimum absolute atomic E-state index is 0.0511. The molecule has 4 heteroatoms. The van der Waals surface area contributed by atoms with Gasteiger partial charge in [-0.1, -0.05) is 29.3 Å². The van der Waals surface area contributed by atoms with Crippen molar-refractivity contribution in [3.05, 3.63) is 22.2 Å². The standard InChI is InChI=1S/C12H16BrNO2/c1-2-3-10(14)8-6-11-12(7-9(8)13)16-5-4-15-11/h6-7,10H,2-5,14H2,1H3. The maximum Gasteiger partial charge on any atom is 0.162 e. The summed E-state index contributed by atoms with van der Waals surface area (Å²) in [7, 11) is 0. The van der Waals surface area contributed by atoms with Crippen molar-refractivity contribution in [2.75, 3.05) is 13.2 Å². The van der Waals surface area contributed by atoms with Crippen LogP contribution in [0.2, 0.25) is 0 Å². The second-order valence-corrected chi connectivity index (χ2v) is 4.77. The van der Waals surface area contributed by atoms with E-state index in [0.29, 0.717) is 13.2 Å². The minimum Gasteiger partial charge on any atom is -0.486 e. The molecule has 0 amide bonds. The first-order chi connectivity index (χ1) is 7.72. The number of hydrogen-bond donors (Lipinski definition) is 1. The van der Waals surface area contributed by atoms with Gasteiger partial charge in [-0.05, 0) is 24.1 Å². The largest absolute Gasteiger partial charge is 0.486 e. The van der Waals surface area contributed by atoms with Crippen LogP contribution in [0.1, 0.15) is 31.4 Å². The van der Waals surface area contributed by atoms with E-state index in [9.17, 15) is 0 Å². The molecule has 0 bridgehead atoms. The number of rotatable bonds is 3. The third-order valence-electron chi connectivity index (χ3n) is 2.66. The van der Waals surface area contributed by atoms with Gasteiger partial charge in [0.25, 0.3) is 0 Å². The molecule has 88 valence electrons. The molecule has 1 aliphatic heterocycles. The molecule has 1 aromatic carbocycles. The molecular formula is C12H16BrNO2. The molecule has 16 heavy (non-hydrogen) atoms. The van der Waals surface area contributed by atoms with Crippen LogP contribution in [0.3, 0.4) is 0 Å². The summed E-state index contributed by atoms with van der Waals surface area (Å²) in [6.45, 7) is 3.35. The molecule has 0 aromatic heterocycles. The predicted octanol–water partition coefficient (Wildman–Crippen LogP) is 3.02. The average Bonchev–Trinajstić information content (AvgIpc) is 2.28. The van der Waals surface area contributed by atoms with Crippen molar-refractivity contribution >= 4 is 15.9 Å². The second kappa shape index (κ2) is 5.06. The van der Waals surface area contributed by atoms with Crippen LogP contribution in [0.4, 0.5) is 0 Å². The Balaban J connectivity index is 2.31. The molecule has 1 aromatic rings. The van der Waals surface area contributed by atoms with Crippen LogP contribution in [0.25, 0.3) is 0 Å². The van der Waals surface area contributed by atoms with Crippen molar-refractivity contribution < 1.29 is 9.47 Å². The van der Waals surface area contributed by atoms with Crippen molar-refractivity contribution in [2.45, 2.75) is 25.8 Å². The Kier molecular flexibility index (Phi) is 3.71. The van der Waals surface area contributed by atoms with Crippen molar-refractivity contribution in [2.24, 2.45) is 5.73 Å². The molecule has 2 N–H and O–H groups in total. The molecule has 0 fully saturated rings. The van der Waals surface area contributed by atoms with Gasteiger partial charge in [0.05, 0.1) is 0 Å². The van der Waals surface area contributed by atoms with E-state index in [-0.39, 0.29) is 6.04 Å². The molecule has 1 heterocycles. The van der Waals surface area contributed by atoms with Crippen molar-refractivity contribution in [1.29, 1.82) is 0 Å². The Labute approximate surface area is 104 Å².